The van der Waals surface area contributed by atoms with Crippen LogP contribution in [-0.2, 0) is 12.0 Å². The van der Waals surface area contributed by atoms with E-state index in [0.29, 0.717) is 18.4 Å². The first kappa shape index (κ1) is 9.66. The maximum Gasteiger partial charge on any atom is 0.126 e. The zero-order valence-corrected chi connectivity index (χ0v) is 8.55. The lowest BCUT2D eigenvalue weighted by molar-refractivity contribution is -0.00821. The van der Waals surface area contributed by atoms with E-state index in [-0.39, 0.29) is 11.7 Å². The molecule has 0 amide bonds. The standard InChI is InChI=1S/C12H15FO/c1-8(2)12(14)7-6-9-10(12)4-3-5-11(9)13/h3-5,8,14H,6-7H2,1-2H3. The predicted octanol–water partition coefficient (Wildman–Crippen LogP) is 2.62. The molecule has 0 saturated heterocycles. The highest BCUT2D eigenvalue weighted by Gasteiger charge is 2.40. The summed E-state index contributed by atoms with van der Waals surface area (Å²) in [6, 6.07) is 4.98. The van der Waals surface area contributed by atoms with Crippen LogP contribution in [0.1, 0.15) is 31.4 Å². The third-order valence-electron chi connectivity index (χ3n) is 3.30. The zero-order valence-electron chi connectivity index (χ0n) is 8.55. The Hall–Kier alpha value is -0.890. The Morgan fingerprint density at radius 2 is 2.14 bits per heavy atom. The Morgan fingerprint density at radius 1 is 1.43 bits per heavy atom. The molecule has 0 spiro atoms. The molecule has 0 bridgehead atoms. The van der Waals surface area contributed by atoms with E-state index in [1.807, 2.05) is 19.9 Å². The summed E-state index contributed by atoms with van der Waals surface area (Å²) in [5.74, 6) is -0.0513. The quantitative estimate of drug-likeness (QED) is 0.728. The Balaban J connectivity index is 2.55. The molecule has 1 unspecified atom stereocenters. The molecule has 0 aliphatic heterocycles. The van der Waals surface area contributed by atoms with E-state index >= 15 is 0 Å². The average Bonchev–Trinajstić information content (AvgIpc) is 2.47. The first-order valence-corrected chi connectivity index (χ1v) is 5.06. The number of rotatable bonds is 1. The van der Waals surface area contributed by atoms with E-state index in [2.05, 4.69) is 0 Å². The molecule has 76 valence electrons. The lowest BCUT2D eigenvalue weighted by atomic mass is 9.85. The maximum absolute atomic E-state index is 13.4. The van der Waals surface area contributed by atoms with Gasteiger partial charge < -0.3 is 5.11 Å². The number of hydrogen-bond donors (Lipinski definition) is 1. The Bertz CT molecular complexity index is 359. The molecule has 0 heterocycles. The first-order chi connectivity index (χ1) is 6.55. The number of benzene rings is 1. The molecule has 1 atom stereocenters. The van der Waals surface area contributed by atoms with Gasteiger partial charge >= 0.3 is 0 Å². The van der Waals surface area contributed by atoms with Crippen LogP contribution < -0.4 is 0 Å². The Morgan fingerprint density at radius 3 is 2.79 bits per heavy atom. The van der Waals surface area contributed by atoms with Crippen molar-refractivity contribution in [2.75, 3.05) is 0 Å². The summed E-state index contributed by atoms with van der Waals surface area (Å²) >= 11 is 0. The summed E-state index contributed by atoms with van der Waals surface area (Å²) in [5.41, 5.74) is 0.661. The van der Waals surface area contributed by atoms with Crippen LogP contribution in [0, 0.1) is 11.7 Å². The second-order valence-electron chi connectivity index (χ2n) is 4.34. The first-order valence-electron chi connectivity index (χ1n) is 5.06. The van der Waals surface area contributed by atoms with Crippen molar-refractivity contribution in [3.8, 4) is 0 Å². The lowest BCUT2D eigenvalue weighted by Gasteiger charge is -2.28. The van der Waals surface area contributed by atoms with Gasteiger partial charge in [-0.2, -0.15) is 0 Å². The van der Waals surface area contributed by atoms with Gasteiger partial charge in [-0.05, 0) is 36.0 Å². The van der Waals surface area contributed by atoms with Crippen molar-refractivity contribution in [3.63, 3.8) is 0 Å². The molecule has 14 heavy (non-hydrogen) atoms. The summed E-state index contributed by atoms with van der Waals surface area (Å²) < 4.78 is 13.4. The van der Waals surface area contributed by atoms with E-state index < -0.39 is 5.60 Å². The van der Waals surface area contributed by atoms with Crippen LogP contribution in [0.25, 0.3) is 0 Å². The van der Waals surface area contributed by atoms with Gasteiger partial charge in [-0.1, -0.05) is 26.0 Å². The topological polar surface area (TPSA) is 20.2 Å². The molecule has 1 N–H and O–H groups in total. The van der Waals surface area contributed by atoms with Gasteiger partial charge in [-0.15, -0.1) is 0 Å². The highest BCUT2D eigenvalue weighted by Crippen LogP contribution is 2.42. The van der Waals surface area contributed by atoms with Crippen molar-refractivity contribution in [2.45, 2.75) is 32.3 Å². The number of aliphatic hydroxyl groups is 1. The average molecular weight is 194 g/mol. The molecule has 0 radical (unpaired) electrons. The normalized spacial score (nSPS) is 25.5. The second-order valence-corrected chi connectivity index (χ2v) is 4.34. The van der Waals surface area contributed by atoms with E-state index in [4.69, 9.17) is 0 Å². The van der Waals surface area contributed by atoms with Gasteiger partial charge in [0.2, 0.25) is 0 Å². The van der Waals surface area contributed by atoms with Crippen LogP contribution in [0.15, 0.2) is 18.2 Å². The molecule has 1 nitrogen and oxygen atoms in total. The minimum Gasteiger partial charge on any atom is -0.385 e. The third kappa shape index (κ3) is 1.17. The van der Waals surface area contributed by atoms with Crippen molar-refractivity contribution in [1.82, 2.24) is 0 Å². The van der Waals surface area contributed by atoms with E-state index in [1.165, 1.54) is 6.07 Å². The fourth-order valence-electron chi connectivity index (χ4n) is 2.27. The summed E-state index contributed by atoms with van der Waals surface area (Å²) in [4.78, 5) is 0. The minimum absolute atomic E-state index is 0.130. The third-order valence-corrected chi connectivity index (χ3v) is 3.30. The van der Waals surface area contributed by atoms with Crippen molar-refractivity contribution < 1.29 is 9.50 Å². The van der Waals surface area contributed by atoms with Crippen LogP contribution in [0.5, 0.6) is 0 Å². The van der Waals surface area contributed by atoms with Gasteiger partial charge in [0.1, 0.15) is 5.82 Å². The fraction of sp³-hybridized carbons (Fsp3) is 0.500. The Kier molecular flexibility index (Phi) is 2.11. The monoisotopic (exact) mass is 194 g/mol. The van der Waals surface area contributed by atoms with E-state index in [1.54, 1.807) is 6.07 Å². The molecule has 2 rings (SSSR count). The summed E-state index contributed by atoms with van der Waals surface area (Å²) in [6.45, 7) is 3.94. The molecule has 1 aliphatic carbocycles. The molecule has 0 saturated carbocycles. The molecular formula is C12H15FO. The summed E-state index contributed by atoms with van der Waals surface area (Å²) in [6.07, 6.45) is 1.29. The predicted molar refractivity (Wildman–Crippen MR) is 53.5 cm³/mol. The molecule has 1 aromatic carbocycles. The summed E-state index contributed by atoms with van der Waals surface area (Å²) in [5, 5.41) is 10.4. The lowest BCUT2D eigenvalue weighted by Crippen LogP contribution is -2.28. The van der Waals surface area contributed by atoms with Crippen LogP contribution in [0.2, 0.25) is 0 Å². The van der Waals surface area contributed by atoms with Crippen LogP contribution in [0.3, 0.4) is 0 Å². The van der Waals surface area contributed by atoms with Gasteiger partial charge in [-0.25, -0.2) is 4.39 Å². The molecule has 0 fully saturated rings. The second kappa shape index (κ2) is 3.06. The molecule has 0 aromatic heterocycles. The number of fused-ring (bicyclic) bond motifs is 1. The Labute approximate surface area is 83.6 Å². The molecule has 1 aliphatic rings. The molecular weight excluding hydrogens is 179 g/mol. The smallest absolute Gasteiger partial charge is 0.126 e. The van der Waals surface area contributed by atoms with Gasteiger partial charge in [0.15, 0.2) is 0 Å². The van der Waals surface area contributed by atoms with Gasteiger partial charge in [0.05, 0.1) is 5.60 Å². The maximum atomic E-state index is 13.4. The number of halogens is 1. The van der Waals surface area contributed by atoms with Gasteiger partial charge in [0.25, 0.3) is 0 Å². The van der Waals surface area contributed by atoms with Crippen molar-refractivity contribution in [3.05, 3.63) is 35.1 Å². The largest absolute Gasteiger partial charge is 0.385 e. The summed E-state index contributed by atoms with van der Waals surface area (Å²) in [7, 11) is 0. The van der Waals surface area contributed by atoms with Gasteiger partial charge in [0, 0.05) is 0 Å². The van der Waals surface area contributed by atoms with Crippen molar-refractivity contribution in [2.24, 2.45) is 5.92 Å². The van der Waals surface area contributed by atoms with E-state index in [0.717, 1.165) is 5.56 Å². The van der Waals surface area contributed by atoms with Crippen LogP contribution in [0.4, 0.5) is 4.39 Å². The highest BCUT2D eigenvalue weighted by atomic mass is 19.1. The molecule has 1 aromatic rings. The number of hydrogen-bond acceptors (Lipinski definition) is 1. The SMILES string of the molecule is CC(C)C1(O)CCc2c(F)cccc21. The fourth-order valence-corrected chi connectivity index (χ4v) is 2.27. The van der Waals surface area contributed by atoms with Gasteiger partial charge in [-0.3, -0.25) is 0 Å². The van der Waals surface area contributed by atoms with Crippen molar-refractivity contribution in [1.29, 1.82) is 0 Å². The van der Waals surface area contributed by atoms with Crippen LogP contribution >= 0.6 is 0 Å². The zero-order chi connectivity index (χ0) is 10.3. The van der Waals surface area contributed by atoms with E-state index in [9.17, 15) is 9.50 Å². The van der Waals surface area contributed by atoms with Crippen LogP contribution in [-0.4, -0.2) is 5.11 Å². The minimum atomic E-state index is -0.822. The van der Waals surface area contributed by atoms with Crippen molar-refractivity contribution >= 4 is 0 Å². The highest BCUT2D eigenvalue weighted by molar-refractivity contribution is 5.38. The molecule has 2 heteroatoms.